The SMILES string of the molecule is Cc1cc(C)c(-c2cc(C(N)=O)c(C)c(SC3CCN(C)CC3)c2C)c(=O)[nH]1. The van der Waals surface area contributed by atoms with Crippen LogP contribution < -0.4 is 11.3 Å². The van der Waals surface area contributed by atoms with Crippen molar-refractivity contribution < 1.29 is 4.79 Å². The molecular formula is C22H29N3O2S. The molecule has 1 saturated heterocycles. The van der Waals surface area contributed by atoms with E-state index in [2.05, 4.69) is 16.9 Å². The van der Waals surface area contributed by atoms with Crippen LogP contribution in [-0.4, -0.2) is 41.2 Å². The van der Waals surface area contributed by atoms with E-state index in [1.165, 1.54) is 0 Å². The van der Waals surface area contributed by atoms with E-state index in [0.717, 1.165) is 58.8 Å². The second kappa shape index (κ2) is 8.13. The molecule has 0 unspecified atom stereocenters. The zero-order valence-corrected chi connectivity index (χ0v) is 18.1. The number of rotatable bonds is 4. The number of nitrogens with one attached hydrogen (secondary N) is 1. The first kappa shape index (κ1) is 20.7. The van der Waals surface area contributed by atoms with E-state index in [1.807, 2.05) is 45.5 Å². The summed E-state index contributed by atoms with van der Waals surface area (Å²) >= 11 is 1.83. The predicted octanol–water partition coefficient (Wildman–Crippen LogP) is 3.56. The summed E-state index contributed by atoms with van der Waals surface area (Å²) in [4.78, 5) is 31.2. The van der Waals surface area contributed by atoms with Gasteiger partial charge < -0.3 is 15.6 Å². The average molecular weight is 400 g/mol. The highest BCUT2D eigenvalue weighted by molar-refractivity contribution is 8.00. The minimum absolute atomic E-state index is 0.130. The van der Waals surface area contributed by atoms with Crippen LogP contribution >= 0.6 is 11.8 Å². The lowest BCUT2D eigenvalue weighted by Gasteiger charge is -2.29. The molecule has 150 valence electrons. The predicted molar refractivity (Wildman–Crippen MR) is 116 cm³/mol. The lowest BCUT2D eigenvalue weighted by atomic mass is 9.92. The van der Waals surface area contributed by atoms with Crippen LogP contribution in [0.4, 0.5) is 0 Å². The lowest BCUT2D eigenvalue weighted by molar-refractivity contribution is 0.0999. The number of pyridine rings is 1. The smallest absolute Gasteiger partial charge is 0.256 e. The van der Waals surface area contributed by atoms with Crippen molar-refractivity contribution in [1.82, 2.24) is 9.88 Å². The van der Waals surface area contributed by atoms with Gasteiger partial charge in [0.2, 0.25) is 5.91 Å². The van der Waals surface area contributed by atoms with Crippen molar-refractivity contribution in [3.05, 3.63) is 50.4 Å². The van der Waals surface area contributed by atoms with E-state index in [4.69, 9.17) is 5.73 Å². The molecule has 1 amide bonds. The zero-order chi connectivity index (χ0) is 20.6. The van der Waals surface area contributed by atoms with Crippen LogP contribution in [0.25, 0.3) is 11.1 Å². The van der Waals surface area contributed by atoms with Crippen LogP contribution in [0.2, 0.25) is 0 Å². The number of H-pyrrole nitrogens is 1. The van der Waals surface area contributed by atoms with Crippen molar-refractivity contribution in [3.8, 4) is 11.1 Å². The molecule has 1 fully saturated rings. The maximum atomic E-state index is 12.7. The summed E-state index contributed by atoms with van der Waals surface area (Å²) in [6, 6.07) is 3.75. The van der Waals surface area contributed by atoms with Gasteiger partial charge in [-0.25, -0.2) is 0 Å². The number of amides is 1. The topological polar surface area (TPSA) is 79.2 Å². The van der Waals surface area contributed by atoms with Crippen LogP contribution in [-0.2, 0) is 0 Å². The number of hydrogen-bond donors (Lipinski definition) is 2. The summed E-state index contributed by atoms with van der Waals surface area (Å²) in [6.45, 7) is 9.97. The van der Waals surface area contributed by atoms with Gasteiger partial charge >= 0.3 is 0 Å². The molecule has 1 aliphatic heterocycles. The van der Waals surface area contributed by atoms with Crippen LogP contribution in [0.15, 0.2) is 21.8 Å². The molecule has 1 aliphatic rings. The van der Waals surface area contributed by atoms with Crippen LogP contribution in [0.1, 0.15) is 45.6 Å². The van der Waals surface area contributed by atoms with Gasteiger partial charge in [0.05, 0.1) is 5.56 Å². The Kier molecular flexibility index (Phi) is 6.01. The van der Waals surface area contributed by atoms with Gasteiger partial charge in [-0.05, 0) is 95.1 Å². The van der Waals surface area contributed by atoms with Crippen molar-refractivity contribution in [2.24, 2.45) is 5.73 Å². The number of thioether (sulfide) groups is 1. The summed E-state index contributed by atoms with van der Waals surface area (Å²) in [5.74, 6) is -0.454. The maximum Gasteiger partial charge on any atom is 0.256 e. The molecule has 2 aromatic rings. The number of benzene rings is 1. The molecule has 1 aromatic carbocycles. The fourth-order valence-electron chi connectivity index (χ4n) is 4.04. The molecule has 0 spiro atoms. The summed E-state index contributed by atoms with van der Waals surface area (Å²) in [6.07, 6.45) is 2.22. The lowest BCUT2D eigenvalue weighted by Crippen LogP contribution is -2.31. The van der Waals surface area contributed by atoms with Gasteiger partial charge in [0, 0.05) is 21.4 Å². The van der Waals surface area contributed by atoms with Crippen molar-refractivity contribution in [2.45, 2.75) is 50.7 Å². The third-order valence-electron chi connectivity index (χ3n) is 5.63. The highest BCUT2D eigenvalue weighted by Gasteiger charge is 2.24. The fraction of sp³-hybridized carbons (Fsp3) is 0.455. The van der Waals surface area contributed by atoms with Gasteiger partial charge in [-0.3, -0.25) is 9.59 Å². The first-order valence-corrected chi connectivity index (χ1v) is 10.6. The Bertz CT molecular complexity index is 973. The number of carbonyl (C=O) groups excluding carboxylic acids is 1. The molecule has 5 nitrogen and oxygen atoms in total. The molecule has 6 heteroatoms. The Morgan fingerprint density at radius 3 is 2.36 bits per heavy atom. The number of nitrogens with zero attached hydrogens (tertiary/aromatic N) is 1. The van der Waals surface area contributed by atoms with Gasteiger partial charge in [-0.15, -0.1) is 11.8 Å². The number of carbonyl (C=O) groups is 1. The Balaban J connectivity index is 2.15. The third kappa shape index (κ3) is 4.03. The number of aryl methyl sites for hydroxylation is 2. The van der Waals surface area contributed by atoms with E-state index in [9.17, 15) is 9.59 Å². The Morgan fingerprint density at radius 2 is 1.79 bits per heavy atom. The van der Waals surface area contributed by atoms with Crippen molar-refractivity contribution in [3.63, 3.8) is 0 Å². The van der Waals surface area contributed by atoms with Crippen LogP contribution in [0.3, 0.4) is 0 Å². The summed E-state index contributed by atoms with van der Waals surface area (Å²) < 4.78 is 0. The number of aromatic amines is 1. The average Bonchev–Trinajstić information content (AvgIpc) is 2.61. The standard InChI is InChI=1S/C22H29N3O2S/c1-12-10-13(2)24-22(27)19(12)17-11-18(21(23)26)15(4)20(14(17)3)28-16-6-8-25(5)9-7-16/h10-11,16H,6-9H2,1-5H3,(H2,23,26)(H,24,27). The molecule has 28 heavy (non-hydrogen) atoms. The number of likely N-dealkylation sites (tertiary alicyclic amines) is 1. The second-order valence-corrected chi connectivity index (χ2v) is 9.19. The summed E-state index contributed by atoms with van der Waals surface area (Å²) in [5.41, 5.74) is 11.2. The van der Waals surface area contributed by atoms with Gasteiger partial charge in [-0.2, -0.15) is 0 Å². The van der Waals surface area contributed by atoms with Crippen LogP contribution in [0.5, 0.6) is 0 Å². The third-order valence-corrected chi connectivity index (χ3v) is 7.28. The quantitative estimate of drug-likeness (QED) is 0.824. The van der Waals surface area contributed by atoms with Crippen LogP contribution in [0, 0.1) is 27.7 Å². The highest BCUT2D eigenvalue weighted by Crippen LogP contribution is 2.40. The number of nitrogens with two attached hydrogens (primary N) is 1. The Labute approximate surface area is 170 Å². The molecule has 0 saturated carbocycles. The molecule has 0 bridgehead atoms. The van der Waals surface area contributed by atoms with E-state index in [-0.39, 0.29) is 5.56 Å². The molecule has 3 N–H and O–H groups in total. The minimum atomic E-state index is -0.454. The largest absolute Gasteiger partial charge is 0.366 e. The van der Waals surface area contributed by atoms with Crippen molar-refractivity contribution in [2.75, 3.05) is 20.1 Å². The second-order valence-electron chi connectivity index (χ2n) is 7.88. The Hall–Kier alpha value is -2.05. The zero-order valence-electron chi connectivity index (χ0n) is 17.3. The van der Waals surface area contributed by atoms with Gasteiger partial charge in [0.1, 0.15) is 0 Å². The van der Waals surface area contributed by atoms with Gasteiger partial charge in [0.15, 0.2) is 0 Å². The number of primary amides is 1. The normalized spacial score (nSPS) is 15.8. The van der Waals surface area contributed by atoms with Gasteiger partial charge in [0.25, 0.3) is 5.56 Å². The monoisotopic (exact) mass is 399 g/mol. The van der Waals surface area contributed by atoms with E-state index < -0.39 is 5.91 Å². The first-order chi connectivity index (χ1) is 13.2. The molecule has 0 radical (unpaired) electrons. The summed E-state index contributed by atoms with van der Waals surface area (Å²) in [5, 5.41) is 0.502. The number of aromatic nitrogens is 1. The summed E-state index contributed by atoms with van der Waals surface area (Å²) in [7, 11) is 2.15. The fourth-order valence-corrected chi connectivity index (χ4v) is 5.39. The van der Waals surface area contributed by atoms with Crippen molar-refractivity contribution >= 4 is 17.7 Å². The Morgan fingerprint density at radius 1 is 1.14 bits per heavy atom. The van der Waals surface area contributed by atoms with E-state index >= 15 is 0 Å². The molecular weight excluding hydrogens is 370 g/mol. The molecule has 0 aliphatic carbocycles. The van der Waals surface area contributed by atoms with Gasteiger partial charge in [-0.1, -0.05) is 0 Å². The van der Waals surface area contributed by atoms with E-state index in [1.54, 1.807) is 6.07 Å². The number of hydrogen-bond acceptors (Lipinski definition) is 4. The molecule has 2 heterocycles. The van der Waals surface area contributed by atoms with Crippen molar-refractivity contribution in [1.29, 1.82) is 0 Å². The maximum absolute atomic E-state index is 12.7. The minimum Gasteiger partial charge on any atom is -0.366 e. The van der Waals surface area contributed by atoms with E-state index in [0.29, 0.717) is 16.4 Å². The number of piperidine rings is 1. The molecule has 1 aromatic heterocycles. The molecule has 3 rings (SSSR count). The highest BCUT2D eigenvalue weighted by atomic mass is 32.2. The first-order valence-electron chi connectivity index (χ1n) is 9.69. The molecule has 0 atom stereocenters.